The van der Waals surface area contributed by atoms with Gasteiger partial charge < -0.3 is 9.88 Å². The molecule has 8 heteroatoms. The van der Waals surface area contributed by atoms with Crippen molar-refractivity contribution in [3.8, 4) is 0 Å². The van der Waals surface area contributed by atoms with Crippen LogP contribution in [0.4, 0.5) is 0 Å². The summed E-state index contributed by atoms with van der Waals surface area (Å²) in [6, 6.07) is 4.05. The first kappa shape index (κ1) is 17.4. The molecular formula is C16H23N5OS2. The zero-order valence-corrected chi connectivity index (χ0v) is 15.7. The summed E-state index contributed by atoms with van der Waals surface area (Å²) in [5, 5.41) is 14.6. The van der Waals surface area contributed by atoms with Crippen molar-refractivity contribution in [3.63, 3.8) is 0 Å². The van der Waals surface area contributed by atoms with Gasteiger partial charge >= 0.3 is 0 Å². The highest BCUT2D eigenvalue weighted by atomic mass is 32.2. The highest BCUT2D eigenvalue weighted by Gasteiger charge is 2.26. The molecule has 0 radical (unpaired) electrons. The fourth-order valence-corrected chi connectivity index (χ4v) is 4.26. The number of hydrogen-bond donors (Lipinski definition) is 1. The third kappa shape index (κ3) is 4.17. The highest BCUT2D eigenvalue weighted by molar-refractivity contribution is 7.98. The lowest BCUT2D eigenvalue weighted by Gasteiger charge is -2.31. The van der Waals surface area contributed by atoms with Crippen LogP contribution < -0.4 is 5.32 Å². The lowest BCUT2D eigenvalue weighted by molar-refractivity contribution is -0.122. The molecule has 1 saturated heterocycles. The van der Waals surface area contributed by atoms with Crippen molar-refractivity contribution >= 4 is 29.0 Å². The Kier molecular flexibility index (Phi) is 5.91. The molecule has 3 heterocycles. The maximum absolute atomic E-state index is 12.2. The Hall–Kier alpha value is -1.38. The molecule has 2 aromatic rings. The number of amides is 1. The Morgan fingerprint density at radius 1 is 1.50 bits per heavy atom. The first-order chi connectivity index (χ1) is 11.7. The molecule has 1 fully saturated rings. The zero-order valence-electron chi connectivity index (χ0n) is 14.1. The average Bonchev–Trinajstić information content (AvgIpc) is 3.22. The third-order valence-corrected chi connectivity index (χ3v) is 5.93. The van der Waals surface area contributed by atoms with Crippen LogP contribution in [-0.4, -0.2) is 51.5 Å². The lowest BCUT2D eigenvalue weighted by atomic mass is 9.97. The Morgan fingerprint density at radius 3 is 3.08 bits per heavy atom. The highest BCUT2D eigenvalue weighted by Crippen LogP contribution is 2.27. The molecule has 24 heavy (non-hydrogen) atoms. The van der Waals surface area contributed by atoms with Gasteiger partial charge in [-0.1, -0.05) is 17.8 Å². The van der Waals surface area contributed by atoms with Gasteiger partial charge in [-0.15, -0.1) is 21.5 Å². The van der Waals surface area contributed by atoms with Crippen molar-refractivity contribution < 1.29 is 4.79 Å². The molecule has 1 aliphatic rings. The largest absolute Gasteiger partial charge is 0.350 e. The van der Waals surface area contributed by atoms with Gasteiger partial charge in [0.25, 0.3) is 0 Å². The summed E-state index contributed by atoms with van der Waals surface area (Å²) < 4.78 is 2.08. The van der Waals surface area contributed by atoms with Crippen molar-refractivity contribution in [1.29, 1.82) is 0 Å². The molecular weight excluding hydrogens is 342 g/mol. The molecule has 1 N–H and O–H groups in total. The van der Waals surface area contributed by atoms with E-state index in [-0.39, 0.29) is 5.91 Å². The van der Waals surface area contributed by atoms with Crippen LogP contribution in [0.2, 0.25) is 0 Å². The summed E-state index contributed by atoms with van der Waals surface area (Å²) >= 11 is 3.28. The molecule has 0 unspecified atom stereocenters. The van der Waals surface area contributed by atoms with E-state index in [1.165, 1.54) is 4.88 Å². The first-order valence-corrected chi connectivity index (χ1v) is 10.2. The molecule has 1 amide bonds. The van der Waals surface area contributed by atoms with Crippen LogP contribution in [0.3, 0.4) is 0 Å². The number of likely N-dealkylation sites (tertiary alicyclic amines) is 1. The first-order valence-electron chi connectivity index (χ1n) is 8.12. The number of carbonyl (C=O) groups excluding carboxylic acids is 1. The number of carbonyl (C=O) groups is 1. The summed E-state index contributed by atoms with van der Waals surface area (Å²) in [6.07, 6.45) is 4.21. The SMILES string of the molecule is CSc1nnc([C@H]2CCCN(CC(=O)NCc3cccs3)C2)n1C. The normalized spacial score (nSPS) is 18.7. The standard InChI is InChI=1S/C16H23N5OS2/c1-20-15(18-19-16(20)23-2)12-5-3-7-21(10-12)11-14(22)17-9-13-6-4-8-24-13/h4,6,8,12H,3,5,7,9-11H2,1-2H3,(H,17,22)/t12-/m0/s1. The molecule has 0 saturated carbocycles. The average molecular weight is 366 g/mol. The van der Waals surface area contributed by atoms with E-state index >= 15 is 0 Å². The van der Waals surface area contributed by atoms with E-state index in [1.54, 1.807) is 23.1 Å². The van der Waals surface area contributed by atoms with E-state index in [0.29, 0.717) is 19.0 Å². The third-order valence-electron chi connectivity index (χ3n) is 4.33. The van der Waals surface area contributed by atoms with Crippen LogP contribution >= 0.6 is 23.1 Å². The van der Waals surface area contributed by atoms with E-state index in [2.05, 4.69) is 25.0 Å². The number of hydrogen-bond acceptors (Lipinski definition) is 6. The van der Waals surface area contributed by atoms with E-state index in [9.17, 15) is 4.79 Å². The number of nitrogens with one attached hydrogen (secondary N) is 1. The molecule has 2 aromatic heterocycles. The molecule has 1 atom stereocenters. The van der Waals surface area contributed by atoms with Crippen molar-refractivity contribution in [2.75, 3.05) is 25.9 Å². The molecule has 0 aromatic carbocycles. The second-order valence-corrected chi connectivity index (χ2v) is 7.84. The number of rotatable bonds is 6. The van der Waals surface area contributed by atoms with Gasteiger partial charge in [0, 0.05) is 24.4 Å². The Balaban J connectivity index is 1.53. The molecule has 0 bridgehead atoms. The van der Waals surface area contributed by atoms with Gasteiger partial charge in [0.1, 0.15) is 5.82 Å². The van der Waals surface area contributed by atoms with Crippen molar-refractivity contribution in [2.24, 2.45) is 7.05 Å². The summed E-state index contributed by atoms with van der Waals surface area (Å²) in [5.74, 6) is 1.47. The maximum atomic E-state index is 12.2. The molecule has 0 spiro atoms. The second kappa shape index (κ2) is 8.13. The monoisotopic (exact) mass is 365 g/mol. The number of aromatic nitrogens is 3. The van der Waals surface area contributed by atoms with E-state index in [4.69, 9.17) is 0 Å². The van der Waals surface area contributed by atoms with Gasteiger partial charge in [-0.3, -0.25) is 9.69 Å². The van der Waals surface area contributed by atoms with E-state index in [1.807, 2.05) is 30.8 Å². The Morgan fingerprint density at radius 2 is 2.38 bits per heavy atom. The van der Waals surface area contributed by atoms with Gasteiger partial charge in [0.2, 0.25) is 5.91 Å². The van der Waals surface area contributed by atoms with Crippen molar-refractivity contribution in [2.45, 2.75) is 30.5 Å². The minimum absolute atomic E-state index is 0.0896. The van der Waals surface area contributed by atoms with E-state index in [0.717, 1.165) is 36.9 Å². The Bertz CT molecular complexity index is 670. The minimum atomic E-state index is 0.0896. The number of thioether (sulfide) groups is 1. The van der Waals surface area contributed by atoms with Gasteiger partial charge in [-0.2, -0.15) is 0 Å². The molecule has 130 valence electrons. The number of thiophene rings is 1. The van der Waals surface area contributed by atoms with E-state index < -0.39 is 0 Å². The van der Waals surface area contributed by atoms with Crippen LogP contribution in [-0.2, 0) is 18.4 Å². The van der Waals surface area contributed by atoms with Crippen LogP contribution in [0, 0.1) is 0 Å². The number of piperidine rings is 1. The fraction of sp³-hybridized carbons (Fsp3) is 0.562. The minimum Gasteiger partial charge on any atom is -0.350 e. The predicted octanol–water partition coefficient (Wildman–Crippen LogP) is 2.09. The van der Waals surface area contributed by atoms with Crippen molar-refractivity contribution in [1.82, 2.24) is 25.0 Å². The molecule has 0 aliphatic carbocycles. The van der Waals surface area contributed by atoms with Crippen LogP contribution in [0.15, 0.2) is 22.7 Å². The maximum Gasteiger partial charge on any atom is 0.234 e. The molecule has 6 nitrogen and oxygen atoms in total. The summed E-state index contributed by atoms with van der Waals surface area (Å²) in [6.45, 7) is 2.91. The van der Waals surface area contributed by atoms with Gasteiger partial charge in [0.15, 0.2) is 5.16 Å². The van der Waals surface area contributed by atoms with Crippen LogP contribution in [0.5, 0.6) is 0 Å². The lowest BCUT2D eigenvalue weighted by Crippen LogP contribution is -2.42. The summed E-state index contributed by atoms with van der Waals surface area (Å²) in [4.78, 5) is 15.6. The molecule has 1 aliphatic heterocycles. The topological polar surface area (TPSA) is 63.1 Å². The van der Waals surface area contributed by atoms with Crippen LogP contribution in [0.1, 0.15) is 29.5 Å². The number of nitrogens with zero attached hydrogens (tertiary/aromatic N) is 4. The van der Waals surface area contributed by atoms with Crippen molar-refractivity contribution in [3.05, 3.63) is 28.2 Å². The summed E-state index contributed by atoms with van der Waals surface area (Å²) in [7, 11) is 2.02. The zero-order chi connectivity index (χ0) is 16.9. The van der Waals surface area contributed by atoms with Gasteiger partial charge in [-0.05, 0) is 37.1 Å². The van der Waals surface area contributed by atoms with Gasteiger partial charge in [-0.25, -0.2) is 0 Å². The summed E-state index contributed by atoms with van der Waals surface area (Å²) in [5.41, 5.74) is 0. The molecule has 3 rings (SSSR count). The fourth-order valence-electron chi connectivity index (χ4n) is 3.13. The second-order valence-electron chi connectivity index (χ2n) is 6.03. The predicted molar refractivity (Wildman–Crippen MR) is 97.4 cm³/mol. The van der Waals surface area contributed by atoms with Crippen LogP contribution in [0.25, 0.3) is 0 Å². The van der Waals surface area contributed by atoms with Gasteiger partial charge in [0.05, 0.1) is 13.1 Å². The quantitative estimate of drug-likeness (QED) is 0.794. The Labute approximate surface area is 150 Å². The smallest absolute Gasteiger partial charge is 0.234 e.